The molecular formula is C22H28O12. The second kappa shape index (κ2) is 9.85. The molecule has 1 aromatic carbocycles. The SMILES string of the molecule is Cc1cc(=O)oc2cc(O[C@H]3O[C@@H](CO)[C@H](O)[C@@H](O[C@@H]4O[C@H](C)[C@@H](O)[C@H](O)[C@@H]4O)[C@@H]3O)ccc12. The fourth-order valence-corrected chi connectivity index (χ4v) is 4.10. The molecular weight excluding hydrogens is 456 g/mol. The molecule has 10 atom stereocenters. The third-order valence-corrected chi connectivity index (χ3v) is 6.10. The number of hydrogen-bond acceptors (Lipinski definition) is 12. The molecule has 0 aliphatic carbocycles. The van der Waals surface area contributed by atoms with E-state index in [-0.39, 0.29) is 11.3 Å². The van der Waals surface area contributed by atoms with E-state index in [4.69, 9.17) is 23.4 Å². The number of fused-ring (bicyclic) bond motifs is 1. The van der Waals surface area contributed by atoms with Crippen LogP contribution in [0.3, 0.4) is 0 Å². The van der Waals surface area contributed by atoms with Gasteiger partial charge in [0, 0.05) is 17.5 Å². The van der Waals surface area contributed by atoms with Gasteiger partial charge in [-0.2, -0.15) is 0 Å². The van der Waals surface area contributed by atoms with Crippen molar-refractivity contribution in [3.05, 3.63) is 40.2 Å². The summed E-state index contributed by atoms with van der Waals surface area (Å²) in [5.74, 6) is 0.165. The molecule has 2 fully saturated rings. The first kappa shape index (κ1) is 25.0. The average Bonchev–Trinajstić information content (AvgIpc) is 2.79. The lowest BCUT2D eigenvalue weighted by Gasteiger charge is -2.45. The Labute approximate surface area is 193 Å². The molecule has 1 aromatic heterocycles. The Balaban J connectivity index is 1.56. The van der Waals surface area contributed by atoms with Crippen LogP contribution in [0.15, 0.2) is 33.5 Å². The normalized spacial score (nSPS) is 38.7. The second-order valence-electron chi connectivity index (χ2n) is 8.51. The van der Waals surface area contributed by atoms with E-state index >= 15 is 0 Å². The van der Waals surface area contributed by atoms with Gasteiger partial charge in [0.2, 0.25) is 6.29 Å². The Morgan fingerprint density at radius 3 is 2.35 bits per heavy atom. The molecule has 188 valence electrons. The maximum Gasteiger partial charge on any atom is 0.336 e. The highest BCUT2D eigenvalue weighted by Crippen LogP contribution is 2.31. The fourth-order valence-electron chi connectivity index (χ4n) is 4.10. The van der Waals surface area contributed by atoms with Gasteiger partial charge in [0.25, 0.3) is 0 Å². The summed E-state index contributed by atoms with van der Waals surface area (Å²) in [6, 6.07) is 6.01. The topological polar surface area (TPSA) is 189 Å². The minimum Gasteiger partial charge on any atom is -0.462 e. The van der Waals surface area contributed by atoms with Gasteiger partial charge in [-0.05, 0) is 31.5 Å². The zero-order valence-corrected chi connectivity index (χ0v) is 18.4. The number of hydrogen-bond donors (Lipinski definition) is 6. The Morgan fingerprint density at radius 1 is 0.912 bits per heavy atom. The number of aryl methyl sites for hydroxylation is 1. The predicted octanol–water partition coefficient (Wildman–Crippen LogP) is -1.87. The van der Waals surface area contributed by atoms with Crippen LogP contribution in [0, 0.1) is 6.92 Å². The van der Waals surface area contributed by atoms with Crippen molar-refractivity contribution in [1.82, 2.24) is 0 Å². The first-order chi connectivity index (χ1) is 16.1. The van der Waals surface area contributed by atoms with E-state index in [1.807, 2.05) is 0 Å². The van der Waals surface area contributed by atoms with Gasteiger partial charge < -0.3 is 54.0 Å². The summed E-state index contributed by atoms with van der Waals surface area (Å²) in [5, 5.41) is 61.8. The smallest absolute Gasteiger partial charge is 0.336 e. The lowest BCUT2D eigenvalue weighted by atomic mass is 9.97. The maximum atomic E-state index is 11.7. The van der Waals surface area contributed by atoms with Gasteiger partial charge in [-0.25, -0.2) is 4.79 Å². The first-order valence-electron chi connectivity index (χ1n) is 10.8. The first-order valence-corrected chi connectivity index (χ1v) is 10.8. The van der Waals surface area contributed by atoms with Crippen molar-refractivity contribution >= 4 is 11.0 Å². The molecule has 12 heteroatoms. The molecule has 2 aliphatic heterocycles. The molecule has 34 heavy (non-hydrogen) atoms. The Kier molecular flexibility index (Phi) is 7.24. The second-order valence-corrected chi connectivity index (χ2v) is 8.51. The van der Waals surface area contributed by atoms with Crippen molar-refractivity contribution in [2.24, 2.45) is 0 Å². The molecule has 2 aliphatic rings. The number of rotatable bonds is 5. The van der Waals surface area contributed by atoms with Crippen molar-refractivity contribution in [2.75, 3.05) is 6.61 Å². The third-order valence-electron chi connectivity index (χ3n) is 6.10. The molecule has 6 N–H and O–H groups in total. The van der Waals surface area contributed by atoms with Crippen LogP contribution in [-0.2, 0) is 14.2 Å². The summed E-state index contributed by atoms with van der Waals surface area (Å²) in [6.07, 6.45) is -14.3. The maximum absolute atomic E-state index is 11.7. The predicted molar refractivity (Wildman–Crippen MR) is 113 cm³/mol. The number of aliphatic hydroxyl groups is 6. The van der Waals surface area contributed by atoms with Crippen LogP contribution in [0.2, 0.25) is 0 Å². The molecule has 12 nitrogen and oxygen atoms in total. The molecule has 0 spiro atoms. The van der Waals surface area contributed by atoms with Gasteiger partial charge in [-0.15, -0.1) is 0 Å². The molecule has 2 saturated heterocycles. The van der Waals surface area contributed by atoms with Crippen LogP contribution in [-0.4, -0.2) is 98.7 Å². The molecule has 4 rings (SSSR count). The van der Waals surface area contributed by atoms with E-state index in [9.17, 15) is 35.4 Å². The largest absolute Gasteiger partial charge is 0.462 e. The van der Waals surface area contributed by atoms with Crippen molar-refractivity contribution in [3.8, 4) is 5.75 Å². The molecule has 0 unspecified atom stereocenters. The molecule has 2 aromatic rings. The molecule has 0 amide bonds. The highest BCUT2D eigenvalue weighted by atomic mass is 16.7. The van der Waals surface area contributed by atoms with Gasteiger partial charge in [-0.1, -0.05) is 0 Å². The van der Waals surface area contributed by atoms with Crippen LogP contribution < -0.4 is 10.4 Å². The van der Waals surface area contributed by atoms with Crippen LogP contribution in [0.5, 0.6) is 5.75 Å². The van der Waals surface area contributed by atoms with Gasteiger partial charge in [0.15, 0.2) is 6.29 Å². The van der Waals surface area contributed by atoms with Gasteiger partial charge in [0.05, 0.1) is 12.7 Å². The molecule has 0 radical (unpaired) electrons. The Morgan fingerprint density at radius 2 is 1.65 bits per heavy atom. The average molecular weight is 484 g/mol. The highest BCUT2D eigenvalue weighted by molar-refractivity contribution is 5.81. The number of ether oxygens (including phenoxy) is 4. The van der Waals surface area contributed by atoms with Crippen LogP contribution in [0.4, 0.5) is 0 Å². The van der Waals surface area contributed by atoms with Crippen molar-refractivity contribution in [3.63, 3.8) is 0 Å². The van der Waals surface area contributed by atoms with Gasteiger partial charge in [-0.3, -0.25) is 0 Å². The van der Waals surface area contributed by atoms with Crippen LogP contribution in [0.1, 0.15) is 12.5 Å². The van der Waals surface area contributed by atoms with E-state index in [1.165, 1.54) is 19.1 Å². The monoisotopic (exact) mass is 484 g/mol. The van der Waals surface area contributed by atoms with Crippen LogP contribution >= 0.6 is 0 Å². The number of benzene rings is 1. The number of aliphatic hydroxyl groups excluding tert-OH is 6. The van der Waals surface area contributed by atoms with E-state index in [0.717, 1.165) is 0 Å². The summed E-state index contributed by atoms with van der Waals surface area (Å²) in [7, 11) is 0. The van der Waals surface area contributed by atoms with Gasteiger partial charge in [0.1, 0.15) is 54.1 Å². The summed E-state index contributed by atoms with van der Waals surface area (Å²) in [6.45, 7) is 2.56. The molecule has 3 heterocycles. The minimum absolute atomic E-state index is 0.165. The zero-order valence-electron chi connectivity index (χ0n) is 18.4. The summed E-state index contributed by atoms with van der Waals surface area (Å²) in [5.41, 5.74) is 0.413. The summed E-state index contributed by atoms with van der Waals surface area (Å²) < 4.78 is 27.4. The lowest BCUT2D eigenvalue weighted by molar-refractivity contribution is -0.349. The Hall–Kier alpha value is -2.13. The standard InChI is InChI=1S/C22H28O12/c1-8-5-14(24)32-12-6-10(3-4-11(8)12)31-22-19(29)20(16(26)13(7-23)33-22)34-21-18(28)17(27)15(25)9(2)30-21/h3-6,9,13,15-23,25-29H,7H2,1-2H3/t9-,13+,15-,16+,17+,18+,19+,20-,21+,22+/m1/s1. The van der Waals surface area contributed by atoms with E-state index in [1.54, 1.807) is 19.1 Å². The molecule has 0 bridgehead atoms. The van der Waals surface area contributed by atoms with E-state index in [2.05, 4.69) is 0 Å². The van der Waals surface area contributed by atoms with Crippen molar-refractivity contribution in [1.29, 1.82) is 0 Å². The summed E-state index contributed by atoms with van der Waals surface area (Å²) in [4.78, 5) is 11.7. The minimum atomic E-state index is -1.67. The van der Waals surface area contributed by atoms with E-state index < -0.39 is 73.6 Å². The van der Waals surface area contributed by atoms with Gasteiger partial charge >= 0.3 is 5.63 Å². The highest BCUT2D eigenvalue weighted by Gasteiger charge is 2.50. The third kappa shape index (κ3) is 4.69. The fraction of sp³-hybridized carbons (Fsp3) is 0.591. The van der Waals surface area contributed by atoms with Crippen LogP contribution in [0.25, 0.3) is 11.0 Å². The zero-order chi connectivity index (χ0) is 24.7. The molecule has 0 saturated carbocycles. The Bertz CT molecular complexity index is 1060. The lowest BCUT2D eigenvalue weighted by Crippen LogP contribution is -2.64. The van der Waals surface area contributed by atoms with Crippen molar-refractivity contribution < 1.29 is 54.0 Å². The quantitative estimate of drug-likeness (QED) is 0.260. The van der Waals surface area contributed by atoms with Crippen molar-refractivity contribution in [2.45, 2.75) is 75.3 Å². The summed E-state index contributed by atoms with van der Waals surface area (Å²) >= 11 is 0. The van der Waals surface area contributed by atoms with E-state index in [0.29, 0.717) is 10.9 Å².